The van der Waals surface area contributed by atoms with E-state index in [1.165, 1.54) is 0 Å². The molecule has 1 aliphatic heterocycles. The highest BCUT2D eigenvalue weighted by molar-refractivity contribution is 6.01. The van der Waals surface area contributed by atoms with E-state index >= 15 is 0 Å². The monoisotopic (exact) mass is 473 g/mol. The molecule has 0 saturated carbocycles. The number of fused-ring (bicyclic) bond motifs is 3. The fraction of sp³-hybridized carbons (Fsp3) is 0.379. The Morgan fingerprint density at radius 1 is 1.09 bits per heavy atom. The molecule has 0 radical (unpaired) electrons. The van der Waals surface area contributed by atoms with Crippen molar-refractivity contribution in [3.63, 3.8) is 0 Å². The standard InChI is InChI=1S/C29H35N3O3/c1-21-16-32(22(2)19-33)29(34)27-13-7-6-12-26(27)25-11-5-4-10-24(25)20-35-28(21)18-31(3)17-23-9-8-14-30-15-23/h4-15,21-22,28,33H,16-20H2,1-3H3/t21-,22+,28-/m0/s1. The predicted octanol–water partition coefficient (Wildman–Crippen LogP) is 4.24. The van der Waals surface area contributed by atoms with Crippen LogP contribution in [0.5, 0.6) is 0 Å². The van der Waals surface area contributed by atoms with Crippen LogP contribution in [0.4, 0.5) is 0 Å². The summed E-state index contributed by atoms with van der Waals surface area (Å²) in [6, 6.07) is 19.6. The van der Waals surface area contributed by atoms with Crippen LogP contribution in [-0.4, -0.2) is 64.7 Å². The van der Waals surface area contributed by atoms with Gasteiger partial charge in [-0.25, -0.2) is 0 Å². The molecular weight excluding hydrogens is 438 g/mol. The van der Waals surface area contributed by atoms with Crippen LogP contribution in [0.15, 0.2) is 73.1 Å². The van der Waals surface area contributed by atoms with E-state index in [1.807, 2.05) is 55.6 Å². The average molecular weight is 474 g/mol. The van der Waals surface area contributed by atoms with E-state index in [2.05, 4.69) is 42.1 Å². The maximum absolute atomic E-state index is 13.8. The van der Waals surface area contributed by atoms with Gasteiger partial charge in [-0.1, -0.05) is 55.5 Å². The molecule has 4 rings (SSSR count). The van der Waals surface area contributed by atoms with Gasteiger partial charge in [0, 0.05) is 43.5 Å². The molecule has 3 aromatic rings. The number of aliphatic hydroxyl groups is 1. The molecule has 0 bridgehead atoms. The molecule has 0 unspecified atom stereocenters. The van der Waals surface area contributed by atoms with Gasteiger partial charge in [0.15, 0.2) is 0 Å². The first kappa shape index (κ1) is 25.0. The number of carbonyl (C=O) groups excluding carboxylic acids is 1. The van der Waals surface area contributed by atoms with E-state index < -0.39 is 0 Å². The van der Waals surface area contributed by atoms with Gasteiger partial charge in [0.05, 0.1) is 25.4 Å². The van der Waals surface area contributed by atoms with Gasteiger partial charge in [-0.15, -0.1) is 0 Å². The van der Waals surface area contributed by atoms with E-state index in [1.54, 1.807) is 11.1 Å². The molecule has 1 aromatic heterocycles. The van der Waals surface area contributed by atoms with E-state index in [-0.39, 0.29) is 30.6 Å². The lowest BCUT2D eigenvalue weighted by molar-refractivity contribution is -0.0241. The van der Waals surface area contributed by atoms with Crippen LogP contribution in [-0.2, 0) is 17.9 Å². The number of pyridine rings is 1. The summed E-state index contributed by atoms with van der Waals surface area (Å²) in [5.41, 5.74) is 4.76. The number of nitrogens with zero attached hydrogens (tertiary/aromatic N) is 3. The Balaban J connectivity index is 1.68. The maximum Gasteiger partial charge on any atom is 0.254 e. The molecule has 0 spiro atoms. The number of aliphatic hydroxyl groups excluding tert-OH is 1. The van der Waals surface area contributed by atoms with Crippen LogP contribution >= 0.6 is 0 Å². The number of carbonyl (C=O) groups is 1. The zero-order chi connectivity index (χ0) is 24.8. The van der Waals surface area contributed by atoms with E-state index in [0.717, 1.165) is 28.8 Å². The molecule has 0 fully saturated rings. The number of hydrogen-bond acceptors (Lipinski definition) is 5. The minimum Gasteiger partial charge on any atom is -0.394 e. The highest BCUT2D eigenvalue weighted by Gasteiger charge is 2.30. The topological polar surface area (TPSA) is 65.9 Å². The molecule has 3 atom stereocenters. The summed E-state index contributed by atoms with van der Waals surface area (Å²) in [7, 11) is 2.08. The summed E-state index contributed by atoms with van der Waals surface area (Å²) >= 11 is 0. The predicted molar refractivity (Wildman–Crippen MR) is 138 cm³/mol. The van der Waals surface area contributed by atoms with Gasteiger partial charge in [0.1, 0.15) is 0 Å². The van der Waals surface area contributed by atoms with Crippen molar-refractivity contribution >= 4 is 5.91 Å². The minimum atomic E-state index is -0.303. The number of aromatic nitrogens is 1. The van der Waals surface area contributed by atoms with Crippen molar-refractivity contribution in [3.8, 4) is 11.1 Å². The zero-order valence-corrected chi connectivity index (χ0v) is 20.8. The molecule has 0 saturated heterocycles. The molecule has 1 N–H and O–H groups in total. The molecule has 184 valence electrons. The highest BCUT2D eigenvalue weighted by atomic mass is 16.5. The van der Waals surface area contributed by atoms with Gasteiger partial charge in [-0.05, 0) is 48.4 Å². The Hall–Kier alpha value is -3.06. The van der Waals surface area contributed by atoms with Gasteiger partial charge in [0.25, 0.3) is 5.91 Å². The highest BCUT2D eigenvalue weighted by Crippen LogP contribution is 2.31. The van der Waals surface area contributed by atoms with Crippen LogP contribution in [0, 0.1) is 5.92 Å². The molecular formula is C29H35N3O3. The first-order valence-electron chi connectivity index (χ1n) is 12.3. The minimum absolute atomic E-state index is 0.0572. The fourth-order valence-corrected chi connectivity index (χ4v) is 4.73. The third kappa shape index (κ3) is 5.96. The molecule has 1 amide bonds. The second-order valence-electron chi connectivity index (χ2n) is 9.58. The Morgan fingerprint density at radius 3 is 2.51 bits per heavy atom. The van der Waals surface area contributed by atoms with Crippen LogP contribution in [0.25, 0.3) is 11.1 Å². The molecule has 6 heteroatoms. The van der Waals surface area contributed by atoms with Crippen LogP contribution in [0.1, 0.15) is 35.3 Å². The van der Waals surface area contributed by atoms with E-state index in [4.69, 9.17) is 4.74 Å². The lowest BCUT2D eigenvalue weighted by Crippen LogP contribution is -2.47. The Kier molecular flexibility index (Phi) is 8.29. The number of likely N-dealkylation sites (N-methyl/N-ethyl adjacent to an activating group) is 1. The number of hydrogen-bond donors (Lipinski definition) is 1. The SMILES string of the molecule is C[C@H](CO)N1C[C@H](C)[C@H](CN(C)Cc2cccnc2)OCc2ccccc2-c2ccccc2C1=O. The first-order valence-corrected chi connectivity index (χ1v) is 12.3. The maximum atomic E-state index is 13.8. The van der Waals surface area contributed by atoms with E-state index in [0.29, 0.717) is 25.3 Å². The van der Waals surface area contributed by atoms with E-state index in [9.17, 15) is 9.90 Å². The summed E-state index contributed by atoms with van der Waals surface area (Å²) in [5.74, 6) is -0.00473. The molecule has 35 heavy (non-hydrogen) atoms. The van der Waals surface area contributed by atoms with Gasteiger partial charge >= 0.3 is 0 Å². The Labute approximate surface area is 208 Å². The van der Waals surface area contributed by atoms with Crippen molar-refractivity contribution in [3.05, 3.63) is 89.7 Å². The number of benzene rings is 2. The summed E-state index contributed by atoms with van der Waals surface area (Å²) in [5, 5.41) is 9.98. The molecule has 0 aliphatic carbocycles. The number of rotatable bonds is 6. The van der Waals surface area contributed by atoms with Crippen molar-refractivity contribution in [1.82, 2.24) is 14.8 Å². The largest absolute Gasteiger partial charge is 0.394 e. The van der Waals surface area contributed by atoms with Gasteiger partial charge in [-0.2, -0.15) is 0 Å². The molecule has 1 aliphatic rings. The quantitative estimate of drug-likeness (QED) is 0.580. The van der Waals surface area contributed by atoms with Gasteiger partial charge in [-0.3, -0.25) is 14.7 Å². The Morgan fingerprint density at radius 2 is 1.80 bits per heavy atom. The average Bonchev–Trinajstić information content (AvgIpc) is 2.90. The number of amides is 1. The van der Waals surface area contributed by atoms with Crippen molar-refractivity contribution in [2.24, 2.45) is 5.92 Å². The summed E-state index contributed by atoms with van der Waals surface area (Å²) in [6.07, 6.45) is 3.56. The van der Waals surface area contributed by atoms with Crippen LogP contribution in [0.2, 0.25) is 0 Å². The second-order valence-corrected chi connectivity index (χ2v) is 9.58. The van der Waals surface area contributed by atoms with Crippen molar-refractivity contribution in [2.45, 2.75) is 39.1 Å². The van der Waals surface area contributed by atoms with Crippen molar-refractivity contribution < 1.29 is 14.6 Å². The summed E-state index contributed by atoms with van der Waals surface area (Å²) in [4.78, 5) is 22.1. The lowest BCUT2D eigenvalue weighted by atomic mass is 9.94. The third-order valence-electron chi connectivity index (χ3n) is 6.76. The number of ether oxygens (including phenoxy) is 1. The van der Waals surface area contributed by atoms with Crippen LogP contribution < -0.4 is 0 Å². The first-order chi connectivity index (χ1) is 17.0. The van der Waals surface area contributed by atoms with Crippen LogP contribution in [0.3, 0.4) is 0 Å². The normalized spacial score (nSPS) is 19.6. The van der Waals surface area contributed by atoms with Gasteiger partial charge < -0.3 is 14.7 Å². The molecule has 2 aromatic carbocycles. The molecule has 6 nitrogen and oxygen atoms in total. The zero-order valence-electron chi connectivity index (χ0n) is 20.8. The van der Waals surface area contributed by atoms with Crippen molar-refractivity contribution in [2.75, 3.05) is 26.7 Å². The fourth-order valence-electron chi connectivity index (χ4n) is 4.73. The second kappa shape index (κ2) is 11.6. The van der Waals surface area contributed by atoms with Crippen molar-refractivity contribution in [1.29, 1.82) is 0 Å². The smallest absolute Gasteiger partial charge is 0.254 e. The Bertz CT molecular complexity index is 1120. The lowest BCUT2D eigenvalue weighted by Gasteiger charge is -2.35. The third-order valence-corrected chi connectivity index (χ3v) is 6.76. The summed E-state index contributed by atoms with van der Waals surface area (Å²) in [6.45, 7) is 6.36. The van der Waals surface area contributed by atoms with Gasteiger partial charge in [0.2, 0.25) is 0 Å². The molecule has 2 heterocycles. The summed E-state index contributed by atoms with van der Waals surface area (Å²) < 4.78 is 6.58.